The number of aryl methyl sites for hydroxylation is 1. The number of alkyl halides is 3. The predicted molar refractivity (Wildman–Crippen MR) is 84.2 cm³/mol. The Morgan fingerprint density at radius 1 is 1.25 bits per heavy atom. The summed E-state index contributed by atoms with van der Waals surface area (Å²) in [6, 6.07) is 7.39. The number of carbonyl (C=O) groups is 1. The number of amides is 1. The summed E-state index contributed by atoms with van der Waals surface area (Å²) in [7, 11) is 0. The van der Waals surface area contributed by atoms with Crippen molar-refractivity contribution in [2.75, 3.05) is 18.1 Å². The zero-order valence-electron chi connectivity index (χ0n) is 13.1. The Kier molecular flexibility index (Phi) is 5.76. The monoisotopic (exact) mass is 359 g/mol. The highest BCUT2D eigenvalue weighted by atomic mass is 32.1. The summed E-state index contributed by atoms with van der Waals surface area (Å²) in [6.07, 6.45) is -3.84. The number of halogens is 3. The Labute approximate surface area is 141 Å². The number of hydrogen-bond donors (Lipinski definition) is 0. The van der Waals surface area contributed by atoms with Crippen LogP contribution in [-0.2, 0) is 11.0 Å². The van der Waals surface area contributed by atoms with Gasteiger partial charge in [-0.15, -0.1) is 5.10 Å². The molecule has 0 N–H and O–H groups in total. The van der Waals surface area contributed by atoms with Gasteiger partial charge < -0.3 is 9.64 Å². The van der Waals surface area contributed by atoms with E-state index in [4.69, 9.17) is 4.74 Å². The molecule has 0 saturated carbocycles. The number of benzene rings is 1. The van der Waals surface area contributed by atoms with Crippen LogP contribution in [0.25, 0.3) is 0 Å². The smallest absolute Gasteiger partial charge is 0.445 e. The van der Waals surface area contributed by atoms with Gasteiger partial charge in [-0.25, -0.2) is 0 Å². The summed E-state index contributed by atoms with van der Waals surface area (Å²) in [5.74, 6) is -0.357. The van der Waals surface area contributed by atoms with Gasteiger partial charge >= 0.3 is 6.18 Å². The van der Waals surface area contributed by atoms with Gasteiger partial charge in [-0.2, -0.15) is 13.2 Å². The number of aromatic nitrogens is 2. The van der Waals surface area contributed by atoms with Crippen LogP contribution in [0.3, 0.4) is 0 Å². The Morgan fingerprint density at radius 3 is 2.46 bits per heavy atom. The summed E-state index contributed by atoms with van der Waals surface area (Å²) in [5, 5.41) is 4.92. The molecule has 0 fully saturated rings. The van der Waals surface area contributed by atoms with Gasteiger partial charge in [0.15, 0.2) is 6.61 Å². The Balaban J connectivity index is 2.03. The first-order valence-corrected chi connectivity index (χ1v) is 8.03. The second kappa shape index (κ2) is 7.61. The van der Waals surface area contributed by atoms with Crippen LogP contribution < -0.4 is 9.64 Å². The van der Waals surface area contributed by atoms with Gasteiger partial charge in [0.2, 0.25) is 5.01 Å². The lowest BCUT2D eigenvalue weighted by Gasteiger charge is -2.22. The van der Waals surface area contributed by atoms with E-state index in [1.165, 1.54) is 4.90 Å². The van der Waals surface area contributed by atoms with Gasteiger partial charge in [0, 0.05) is 12.2 Å². The zero-order chi connectivity index (χ0) is 17.7. The fraction of sp³-hybridized carbons (Fsp3) is 0.400. The van der Waals surface area contributed by atoms with Crippen molar-refractivity contribution in [3.63, 3.8) is 0 Å². The Morgan fingerprint density at radius 2 is 1.92 bits per heavy atom. The van der Waals surface area contributed by atoms with Crippen molar-refractivity contribution < 1.29 is 22.7 Å². The lowest BCUT2D eigenvalue weighted by Crippen LogP contribution is -2.35. The maximum Gasteiger partial charge on any atom is 0.445 e. The van der Waals surface area contributed by atoms with Crippen LogP contribution in [0.15, 0.2) is 24.3 Å². The highest BCUT2D eigenvalue weighted by Crippen LogP contribution is 2.33. The molecule has 1 aromatic heterocycles. The fourth-order valence-electron chi connectivity index (χ4n) is 1.93. The van der Waals surface area contributed by atoms with E-state index in [1.807, 2.05) is 38.1 Å². The molecule has 1 aromatic carbocycles. The third-order valence-corrected chi connectivity index (χ3v) is 3.94. The molecule has 0 saturated heterocycles. The van der Waals surface area contributed by atoms with Gasteiger partial charge in [-0.1, -0.05) is 41.1 Å². The summed E-state index contributed by atoms with van der Waals surface area (Å²) >= 11 is 0.264. The molecular formula is C15H16F3N3O2S. The topological polar surface area (TPSA) is 55.3 Å². The molecule has 130 valence electrons. The number of carbonyl (C=O) groups excluding carboxylic acids is 1. The number of anilines is 1. The standard InChI is InChI=1S/C15H16F3N3O2S/c1-3-8-21(11-6-4-10(2)5-7-11)12(22)9-23-14-20-19-13(24-14)15(16,17)18/h4-7H,3,8-9H2,1-2H3. The molecule has 0 aliphatic heterocycles. The average Bonchev–Trinajstić information content (AvgIpc) is 3.00. The Hall–Kier alpha value is -2.16. The van der Waals surface area contributed by atoms with Crippen LogP contribution in [0.1, 0.15) is 23.9 Å². The first kappa shape index (κ1) is 18.2. The third kappa shape index (κ3) is 4.67. The zero-order valence-corrected chi connectivity index (χ0v) is 13.9. The van der Waals surface area contributed by atoms with Crippen molar-refractivity contribution in [2.24, 2.45) is 0 Å². The second-order valence-corrected chi connectivity index (χ2v) is 5.98. The van der Waals surface area contributed by atoms with Crippen LogP contribution in [0.5, 0.6) is 5.19 Å². The molecule has 0 unspecified atom stereocenters. The van der Waals surface area contributed by atoms with E-state index in [2.05, 4.69) is 10.2 Å². The van der Waals surface area contributed by atoms with Crippen molar-refractivity contribution in [3.05, 3.63) is 34.8 Å². The molecule has 1 heterocycles. The number of ether oxygens (including phenoxy) is 1. The Bertz CT molecular complexity index is 686. The molecule has 0 aliphatic carbocycles. The molecule has 0 atom stereocenters. The first-order chi connectivity index (χ1) is 11.3. The number of hydrogen-bond acceptors (Lipinski definition) is 5. The molecule has 0 aliphatic rings. The fourth-order valence-corrected chi connectivity index (χ4v) is 2.49. The van der Waals surface area contributed by atoms with E-state index < -0.39 is 17.8 Å². The molecule has 2 rings (SSSR count). The summed E-state index contributed by atoms with van der Waals surface area (Å²) in [4.78, 5) is 13.9. The molecule has 0 bridgehead atoms. The van der Waals surface area contributed by atoms with Crippen molar-refractivity contribution in [1.82, 2.24) is 10.2 Å². The molecule has 1 amide bonds. The minimum atomic E-state index is -4.57. The van der Waals surface area contributed by atoms with E-state index in [0.717, 1.165) is 12.0 Å². The largest absolute Gasteiger partial charge is 0.459 e. The summed E-state index contributed by atoms with van der Waals surface area (Å²) in [5.41, 5.74) is 1.77. The molecule has 0 radical (unpaired) electrons. The SMILES string of the molecule is CCCN(C(=O)COc1nnc(C(F)(F)F)s1)c1ccc(C)cc1. The minimum absolute atomic E-state index is 0.264. The number of nitrogens with zero attached hydrogens (tertiary/aromatic N) is 3. The van der Waals surface area contributed by atoms with Crippen LogP contribution in [0.4, 0.5) is 18.9 Å². The van der Waals surface area contributed by atoms with Gasteiger partial charge in [0.05, 0.1) is 0 Å². The van der Waals surface area contributed by atoms with Gasteiger partial charge in [0.25, 0.3) is 11.1 Å². The molecule has 2 aromatic rings. The average molecular weight is 359 g/mol. The van der Waals surface area contributed by atoms with Crippen molar-refractivity contribution in [3.8, 4) is 5.19 Å². The van der Waals surface area contributed by atoms with Crippen LogP contribution in [0.2, 0.25) is 0 Å². The lowest BCUT2D eigenvalue weighted by molar-refractivity contribution is -0.138. The predicted octanol–water partition coefficient (Wildman–Crippen LogP) is 3.69. The summed E-state index contributed by atoms with van der Waals surface area (Å²) < 4.78 is 42.4. The van der Waals surface area contributed by atoms with E-state index in [0.29, 0.717) is 12.2 Å². The van der Waals surface area contributed by atoms with Crippen molar-refractivity contribution in [2.45, 2.75) is 26.4 Å². The van der Waals surface area contributed by atoms with Gasteiger partial charge in [-0.05, 0) is 25.5 Å². The van der Waals surface area contributed by atoms with Gasteiger partial charge in [-0.3, -0.25) is 4.79 Å². The van der Waals surface area contributed by atoms with E-state index in [1.54, 1.807) is 0 Å². The van der Waals surface area contributed by atoms with Crippen LogP contribution in [-0.4, -0.2) is 29.3 Å². The van der Waals surface area contributed by atoms with E-state index in [9.17, 15) is 18.0 Å². The van der Waals surface area contributed by atoms with E-state index >= 15 is 0 Å². The lowest BCUT2D eigenvalue weighted by atomic mass is 10.2. The highest BCUT2D eigenvalue weighted by Gasteiger charge is 2.36. The van der Waals surface area contributed by atoms with Crippen molar-refractivity contribution in [1.29, 1.82) is 0 Å². The molecule has 9 heteroatoms. The van der Waals surface area contributed by atoms with Gasteiger partial charge in [0.1, 0.15) is 0 Å². The minimum Gasteiger partial charge on any atom is -0.459 e. The maximum absolute atomic E-state index is 12.5. The van der Waals surface area contributed by atoms with Crippen molar-refractivity contribution >= 4 is 22.9 Å². The molecule has 0 spiro atoms. The normalized spacial score (nSPS) is 11.4. The summed E-state index contributed by atoms with van der Waals surface area (Å²) in [6.45, 7) is 3.94. The van der Waals surface area contributed by atoms with E-state index in [-0.39, 0.29) is 22.4 Å². The first-order valence-electron chi connectivity index (χ1n) is 7.21. The maximum atomic E-state index is 12.5. The van der Waals surface area contributed by atoms with Crippen LogP contribution in [0, 0.1) is 6.92 Å². The third-order valence-electron chi connectivity index (χ3n) is 3.06. The second-order valence-electron chi connectivity index (χ2n) is 5.04. The van der Waals surface area contributed by atoms with Crippen LogP contribution >= 0.6 is 11.3 Å². The molecule has 5 nitrogen and oxygen atoms in total. The highest BCUT2D eigenvalue weighted by molar-refractivity contribution is 7.13. The molecular weight excluding hydrogens is 343 g/mol. The molecule has 24 heavy (non-hydrogen) atoms. The quantitative estimate of drug-likeness (QED) is 0.789. The number of rotatable bonds is 6.